The average molecular weight is 334 g/mol. The lowest BCUT2D eigenvalue weighted by Gasteiger charge is -2.40. The SMILES string of the molecule is CN(Cc1cnc(N)s1)C[C@@H]1CCCN(C)[C@H]1c1cnn(C)c1. The molecule has 1 aliphatic heterocycles. The monoisotopic (exact) mass is 334 g/mol. The fraction of sp³-hybridized carbons (Fsp3) is 0.625. The van der Waals surface area contributed by atoms with Crippen molar-refractivity contribution in [3.05, 3.63) is 29.0 Å². The van der Waals surface area contributed by atoms with Crippen LogP contribution >= 0.6 is 11.3 Å². The largest absolute Gasteiger partial charge is 0.375 e. The van der Waals surface area contributed by atoms with Crippen molar-refractivity contribution in [1.29, 1.82) is 0 Å². The molecule has 1 fully saturated rings. The summed E-state index contributed by atoms with van der Waals surface area (Å²) in [4.78, 5) is 10.2. The van der Waals surface area contributed by atoms with Gasteiger partial charge >= 0.3 is 0 Å². The van der Waals surface area contributed by atoms with Crippen LogP contribution in [0.3, 0.4) is 0 Å². The Morgan fingerprint density at radius 2 is 2.22 bits per heavy atom. The van der Waals surface area contributed by atoms with Gasteiger partial charge in [-0.3, -0.25) is 9.58 Å². The molecule has 0 saturated carbocycles. The van der Waals surface area contributed by atoms with Crippen LogP contribution in [0.1, 0.15) is 29.3 Å². The molecule has 7 heteroatoms. The van der Waals surface area contributed by atoms with E-state index in [1.54, 1.807) is 11.3 Å². The molecule has 2 aromatic heterocycles. The highest BCUT2D eigenvalue weighted by Gasteiger charge is 2.32. The first-order valence-electron chi connectivity index (χ1n) is 8.10. The van der Waals surface area contributed by atoms with Gasteiger partial charge < -0.3 is 10.6 Å². The fourth-order valence-corrected chi connectivity index (χ4v) is 4.46. The molecular weight excluding hydrogens is 308 g/mol. The van der Waals surface area contributed by atoms with Crippen LogP contribution in [0.2, 0.25) is 0 Å². The maximum Gasteiger partial charge on any atom is 0.180 e. The van der Waals surface area contributed by atoms with Gasteiger partial charge in [0.1, 0.15) is 0 Å². The summed E-state index contributed by atoms with van der Waals surface area (Å²) >= 11 is 1.58. The van der Waals surface area contributed by atoms with Crippen LogP contribution in [-0.4, -0.2) is 51.7 Å². The lowest BCUT2D eigenvalue weighted by molar-refractivity contribution is 0.0928. The molecule has 0 aliphatic carbocycles. The van der Waals surface area contributed by atoms with Crippen LogP contribution in [0, 0.1) is 5.92 Å². The molecule has 0 bridgehead atoms. The third-order valence-corrected chi connectivity index (χ3v) is 5.43. The van der Waals surface area contributed by atoms with E-state index in [-0.39, 0.29) is 0 Å². The molecule has 0 radical (unpaired) electrons. The highest BCUT2D eigenvalue weighted by atomic mass is 32.1. The number of nitrogens with two attached hydrogens (primary N) is 1. The van der Waals surface area contributed by atoms with Crippen molar-refractivity contribution < 1.29 is 0 Å². The Kier molecular flexibility index (Phi) is 4.99. The van der Waals surface area contributed by atoms with Crippen LogP contribution < -0.4 is 5.73 Å². The van der Waals surface area contributed by atoms with Crippen molar-refractivity contribution in [2.45, 2.75) is 25.4 Å². The van der Waals surface area contributed by atoms with E-state index in [0.717, 1.165) is 19.6 Å². The van der Waals surface area contributed by atoms with Crippen LogP contribution in [0.4, 0.5) is 5.13 Å². The minimum Gasteiger partial charge on any atom is -0.375 e. The van der Waals surface area contributed by atoms with E-state index < -0.39 is 0 Å². The smallest absolute Gasteiger partial charge is 0.180 e. The van der Waals surface area contributed by atoms with Gasteiger partial charge in [0, 0.05) is 49.0 Å². The van der Waals surface area contributed by atoms with E-state index >= 15 is 0 Å². The zero-order valence-corrected chi connectivity index (χ0v) is 15.0. The number of hydrogen-bond acceptors (Lipinski definition) is 6. The Bertz CT molecular complexity index is 636. The van der Waals surface area contributed by atoms with Gasteiger partial charge in [-0.05, 0) is 39.4 Å². The van der Waals surface area contributed by atoms with Gasteiger partial charge in [-0.2, -0.15) is 5.10 Å². The van der Waals surface area contributed by atoms with Crippen molar-refractivity contribution in [2.75, 3.05) is 32.9 Å². The van der Waals surface area contributed by atoms with Crippen LogP contribution in [0.15, 0.2) is 18.6 Å². The second kappa shape index (κ2) is 6.98. The summed E-state index contributed by atoms with van der Waals surface area (Å²) in [6.07, 6.45) is 8.59. The predicted molar refractivity (Wildman–Crippen MR) is 94.2 cm³/mol. The number of thiazole rings is 1. The third-order valence-electron chi connectivity index (χ3n) is 4.62. The molecule has 6 nitrogen and oxygen atoms in total. The number of hydrogen-bond donors (Lipinski definition) is 1. The Hall–Kier alpha value is -1.44. The first kappa shape index (κ1) is 16.4. The molecule has 2 atom stereocenters. The molecule has 0 spiro atoms. The number of aromatic nitrogens is 3. The summed E-state index contributed by atoms with van der Waals surface area (Å²) in [6, 6.07) is 0.450. The van der Waals surface area contributed by atoms with Crippen LogP contribution in [-0.2, 0) is 13.6 Å². The van der Waals surface area contributed by atoms with Gasteiger partial charge in [-0.15, -0.1) is 11.3 Å². The minimum atomic E-state index is 0.450. The summed E-state index contributed by atoms with van der Waals surface area (Å²) < 4.78 is 1.90. The summed E-state index contributed by atoms with van der Waals surface area (Å²) in [6.45, 7) is 3.14. The van der Waals surface area contributed by atoms with Crippen molar-refractivity contribution >= 4 is 16.5 Å². The van der Waals surface area contributed by atoms with E-state index in [2.05, 4.69) is 40.2 Å². The number of likely N-dealkylation sites (tertiary alicyclic amines) is 1. The molecule has 0 aromatic carbocycles. The lowest BCUT2D eigenvalue weighted by Crippen LogP contribution is -2.40. The molecule has 23 heavy (non-hydrogen) atoms. The van der Waals surface area contributed by atoms with Crippen LogP contribution in [0.5, 0.6) is 0 Å². The van der Waals surface area contributed by atoms with Crippen LogP contribution in [0.25, 0.3) is 0 Å². The first-order chi connectivity index (χ1) is 11.0. The van der Waals surface area contributed by atoms with E-state index in [1.165, 1.54) is 23.3 Å². The van der Waals surface area contributed by atoms with Crippen molar-refractivity contribution in [3.8, 4) is 0 Å². The number of aryl methyl sites for hydroxylation is 1. The van der Waals surface area contributed by atoms with E-state index in [1.807, 2.05) is 24.1 Å². The molecule has 2 aromatic rings. The molecule has 3 rings (SSSR count). The number of nitrogens with zero attached hydrogens (tertiary/aromatic N) is 5. The van der Waals surface area contributed by atoms with Gasteiger partial charge in [-0.1, -0.05) is 0 Å². The van der Waals surface area contributed by atoms with Gasteiger partial charge in [0.05, 0.1) is 6.20 Å². The normalized spacial score (nSPS) is 22.8. The summed E-state index contributed by atoms with van der Waals surface area (Å²) in [5, 5.41) is 5.02. The number of nitrogen functional groups attached to an aromatic ring is 1. The quantitative estimate of drug-likeness (QED) is 0.906. The Morgan fingerprint density at radius 3 is 2.87 bits per heavy atom. The maximum absolute atomic E-state index is 5.73. The van der Waals surface area contributed by atoms with Gasteiger partial charge in [-0.25, -0.2) is 4.98 Å². The van der Waals surface area contributed by atoms with Gasteiger partial charge in [0.25, 0.3) is 0 Å². The Labute approximate surface area is 141 Å². The summed E-state index contributed by atoms with van der Waals surface area (Å²) in [5.74, 6) is 0.619. The third kappa shape index (κ3) is 3.91. The molecule has 1 aliphatic rings. The maximum atomic E-state index is 5.73. The van der Waals surface area contributed by atoms with E-state index in [4.69, 9.17) is 5.73 Å². The Balaban J connectivity index is 1.68. The molecule has 1 saturated heterocycles. The highest BCUT2D eigenvalue weighted by Crippen LogP contribution is 2.35. The zero-order chi connectivity index (χ0) is 16.4. The fourth-order valence-electron chi connectivity index (χ4n) is 3.70. The number of piperidine rings is 1. The zero-order valence-electron chi connectivity index (χ0n) is 14.1. The van der Waals surface area contributed by atoms with Gasteiger partial charge in [0.2, 0.25) is 0 Å². The van der Waals surface area contributed by atoms with E-state index in [0.29, 0.717) is 17.1 Å². The molecular formula is C16H26N6S. The minimum absolute atomic E-state index is 0.450. The number of rotatable bonds is 5. The first-order valence-corrected chi connectivity index (χ1v) is 8.92. The van der Waals surface area contributed by atoms with Crippen molar-refractivity contribution in [3.63, 3.8) is 0 Å². The summed E-state index contributed by atoms with van der Waals surface area (Å²) in [7, 11) is 6.40. The molecule has 3 heterocycles. The average Bonchev–Trinajstić information content (AvgIpc) is 3.08. The molecule has 0 amide bonds. The molecule has 2 N–H and O–H groups in total. The topological polar surface area (TPSA) is 63.2 Å². The predicted octanol–water partition coefficient (Wildman–Crippen LogP) is 1.97. The Morgan fingerprint density at radius 1 is 1.39 bits per heavy atom. The summed E-state index contributed by atoms with van der Waals surface area (Å²) in [5.41, 5.74) is 7.06. The lowest BCUT2D eigenvalue weighted by atomic mass is 9.86. The molecule has 126 valence electrons. The molecule has 0 unspecified atom stereocenters. The van der Waals surface area contributed by atoms with E-state index in [9.17, 15) is 0 Å². The second-order valence-corrected chi connectivity index (χ2v) is 7.78. The highest BCUT2D eigenvalue weighted by molar-refractivity contribution is 7.15. The standard InChI is InChI=1S/C16H26N6S/c1-20(11-14-8-18-16(17)23-14)9-12-5-4-6-21(2)15(12)13-7-19-22(3)10-13/h7-8,10,12,15H,4-6,9,11H2,1-3H3,(H2,17,18)/t12-,15+/m0/s1. The van der Waals surface area contributed by atoms with Crippen molar-refractivity contribution in [1.82, 2.24) is 24.6 Å². The van der Waals surface area contributed by atoms with Gasteiger partial charge in [0.15, 0.2) is 5.13 Å². The second-order valence-electron chi connectivity index (χ2n) is 6.64. The van der Waals surface area contributed by atoms with Crippen molar-refractivity contribution in [2.24, 2.45) is 13.0 Å². The number of anilines is 1.